The Labute approximate surface area is 257 Å². The Bertz CT molecular complexity index is 1570. The van der Waals surface area contributed by atoms with Crippen molar-refractivity contribution in [1.82, 2.24) is 19.8 Å². The first-order valence-electron chi connectivity index (χ1n) is 14.0. The summed E-state index contributed by atoms with van der Waals surface area (Å²) in [7, 11) is 0. The molecule has 3 aromatic rings. The fourth-order valence-corrected chi connectivity index (χ4v) is 5.78. The van der Waals surface area contributed by atoms with E-state index in [0.717, 1.165) is 32.0 Å². The van der Waals surface area contributed by atoms with Gasteiger partial charge in [-0.05, 0) is 49.9 Å². The van der Waals surface area contributed by atoms with Gasteiger partial charge in [-0.2, -0.15) is 0 Å². The Kier molecular flexibility index (Phi) is 9.11. The number of carbonyl (C=O) groups excluding carboxylic acids is 3. The molecular weight excluding hydrogens is 595 g/mol. The number of aromatic nitrogens is 2. The Balaban J connectivity index is 1.20. The molecule has 1 N–H and O–H groups in total. The Morgan fingerprint density at radius 1 is 1.00 bits per heavy atom. The van der Waals surface area contributed by atoms with Crippen LogP contribution >= 0.6 is 11.8 Å². The maximum Gasteiger partial charge on any atom is 0.332 e. The van der Waals surface area contributed by atoms with Crippen molar-refractivity contribution in [3.8, 4) is 0 Å². The van der Waals surface area contributed by atoms with Crippen LogP contribution in [0.1, 0.15) is 25.8 Å². The van der Waals surface area contributed by atoms with Crippen LogP contribution in [0.4, 0.5) is 35.3 Å². The Morgan fingerprint density at radius 2 is 1.75 bits per heavy atom. The van der Waals surface area contributed by atoms with E-state index in [1.54, 1.807) is 18.3 Å². The summed E-state index contributed by atoms with van der Waals surface area (Å²) < 4.78 is 43.9. The van der Waals surface area contributed by atoms with Crippen LogP contribution in [0.3, 0.4) is 0 Å². The summed E-state index contributed by atoms with van der Waals surface area (Å²) in [5, 5.41) is 2.77. The predicted molar refractivity (Wildman–Crippen MR) is 161 cm³/mol. The second-order valence-electron chi connectivity index (χ2n) is 11.0. The highest BCUT2D eigenvalue weighted by Crippen LogP contribution is 2.38. The molecule has 2 saturated heterocycles. The van der Waals surface area contributed by atoms with E-state index in [1.165, 1.54) is 31.2 Å². The minimum absolute atomic E-state index is 0.102. The van der Waals surface area contributed by atoms with Crippen molar-refractivity contribution in [1.29, 1.82) is 0 Å². The topological polar surface area (TPSA) is 102 Å². The van der Waals surface area contributed by atoms with Crippen LogP contribution in [0, 0.1) is 17.5 Å². The van der Waals surface area contributed by atoms with E-state index in [1.807, 2.05) is 18.2 Å². The summed E-state index contributed by atoms with van der Waals surface area (Å²) in [5.74, 6) is -3.89. The van der Waals surface area contributed by atoms with E-state index >= 15 is 0 Å². The summed E-state index contributed by atoms with van der Waals surface area (Å²) in [6.07, 6.45) is 4.87. The van der Waals surface area contributed by atoms with Gasteiger partial charge in [0.2, 0.25) is 5.91 Å². The molecular formula is C30H32F3N7O3S. The molecule has 0 saturated carbocycles. The molecule has 232 valence electrons. The number of benzene rings is 1. The zero-order chi connectivity index (χ0) is 31.6. The fraction of sp³-hybridized carbons (Fsp3) is 0.367. The SMILES string of the molecule is CSc1c(F)cc(N2C(=O)N(Cc3ccnc(NC(=O)CCN4CCN(c5ccccn5)CC4)c3)C(C)(C)C2=O)c(F)c1F. The van der Waals surface area contributed by atoms with Crippen molar-refractivity contribution < 1.29 is 27.6 Å². The van der Waals surface area contributed by atoms with Crippen molar-refractivity contribution in [3.63, 3.8) is 0 Å². The van der Waals surface area contributed by atoms with Gasteiger partial charge in [-0.15, -0.1) is 11.8 Å². The van der Waals surface area contributed by atoms with Gasteiger partial charge in [0.15, 0.2) is 11.6 Å². The lowest BCUT2D eigenvalue weighted by atomic mass is 10.0. The molecule has 10 nitrogen and oxygen atoms in total. The average molecular weight is 628 g/mol. The van der Waals surface area contributed by atoms with Crippen molar-refractivity contribution in [3.05, 3.63) is 71.8 Å². The maximum atomic E-state index is 14.9. The number of pyridine rings is 2. The van der Waals surface area contributed by atoms with Crippen LogP contribution in [0.15, 0.2) is 53.7 Å². The molecule has 1 aromatic carbocycles. The van der Waals surface area contributed by atoms with Crippen LogP contribution in [-0.4, -0.2) is 82.1 Å². The fourth-order valence-electron chi connectivity index (χ4n) is 5.26. The van der Waals surface area contributed by atoms with Gasteiger partial charge in [-0.1, -0.05) is 6.07 Å². The number of imide groups is 1. The smallest absolute Gasteiger partial charge is 0.332 e. The van der Waals surface area contributed by atoms with Gasteiger partial charge in [0.05, 0.1) is 10.6 Å². The summed E-state index contributed by atoms with van der Waals surface area (Å²) in [6, 6.07) is 8.72. The minimum Gasteiger partial charge on any atom is -0.354 e. The van der Waals surface area contributed by atoms with E-state index in [4.69, 9.17) is 0 Å². The number of halogens is 3. The highest BCUT2D eigenvalue weighted by atomic mass is 32.2. The number of amides is 4. The second kappa shape index (κ2) is 12.8. The molecule has 0 bridgehead atoms. The Hall–Kier alpha value is -4.17. The number of carbonyl (C=O) groups is 3. The van der Waals surface area contributed by atoms with E-state index < -0.39 is 45.5 Å². The minimum atomic E-state index is -1.49. The molecule has 4 amide bonds. The molecule has 5 rings (SSSR count). The van der Waals surface area contributed by atoms with Gasteiger partial charge in [0, 0.05) is 64.1 Å². The van der Waals surface area contributed by atoms with Gasteiger partial charge in [-0.25, -0.2) is 32.8 Å². The third-order valence-corrected chi connectivity index (χ3v) is 8.58. The number of hydrogen-bond donors (Lipinski definition) is 1. The van der Waals surface area contributed by atoms with E-state index in [0.29, 0.717) is 34.8 Å². The van der Waals surface area contributed by atoms with Crippen molar-refractivity contribution in [2.45, 2.75) is 37.2 Å². The maximum absolute atomic E-state index is 14.9. The van der Waals surface area contributed by atoms with Gasteiger partial charge < -0.3 is 15.1 Å². The van der Waals surface area contributed by atoms with Crippen molar-refractivity contribution in [2.24, 2.45) is 0 Å². The first-order chi connectivity index (χ1) is 21.0. The quantitative estimate of drug-likeness (QED) is 0.210. The summed E-state index contributed by atoms with van der Waals surface area (Å²) >= 11 is 0.675. The van der Waals surface area contributed by atoms with Crippen LogP contribution in [-0.2, 0) is 16.1 Å². The number of urea groups is 1. The van der Waals surface area contributed by atoms with Crippen LogP contribution in [0.5, 0.6) is 0 Å². The number of piperazine rings is 1. The highest BCUT2D eigenvalue weighted by molar-refractivity contribution is 7.98. The van der Waals surface area contributed by atoms with Gasteiger partial charge >= 0.3 is 6.03 Å². The molecule has 14 heteroatoms. The molecule has 4 heterocycles. The van der Waals surface area contributed by atoms with Crippen molar-refractivity contribution >= 4 is 46.9 Å². The molecule has 2 aromatic heterocycles. The van der Waals surface area contributed by atoms with Gasteiger partial charge in [-0.3, -0.25) is 14.5 Å². The van der Waals surface area contributed by atoms with E-state index in [-0.39, 0.29) is 24.7 Å². The first-order valence-corrected chi connectivity index (χ1v) is 15.2. The molecule has 0 radical (unpaired) electrons. The lowest BCUT2D eigenvalue weighted by Gasteiger charge is -2.35. The Morgan fingerprint density at radius 3 is 2.43 bits per heavy atom. The molecule has 0 aliphatic carbocycles. The normalized spacial score (nSPS) is 17.0. The van der Waals surface area contributed by atoms with Gasteiger partial charge in [0.25, 0.3) is 5.91 Å². The van der Waals surface area contributed by atoms with E-state index in [2.05, 4.69) is 25.1 Å². The summed E-state index contributed by atoms with van der Waals surface area (Å²) in [4.78, 5) is 53.4. The zero-order valence-electron chi connectivity index (χ0n) is 24.5. The number of anilines is 3. The predicted octanol–water partition coefficient (Wildman–Crippen LogP) is 4.51. The molecule has 0 spiro atoms. The number of nitrogens with zero attached hydrogens (tertiary/aromatic N) is 6. The monoisotopic (exact) mass is 627 g/mol. The summed E-state index contributed by atoms with van der Waals surface area (Å²) in [6.45, 7) is 6.64. The number of thioether (sulfide) groups is 1. The standard InChI is InChI=1S/C30H32F3N7O3S/c1-30(2)28(42)40(21-17-20(31)27(44-3)26(33)25(21)32)29(43)39(30)18-19-7-10-34-22(16-19)36-24(41)8-11-37-12-14-38(15-13-37)23-6-4-5-9-35-23/h4-7,9-10,16-17H,8,11-15,18H2,1-3H3,(H,34,36,41). The molecule has 0 unspecified atom stereocenters. The third kappa shape index (κ3) is 6.22. The highest BCUT2D eigenvalue weighted by Gasteiger charge is 2.52. The van der Waals surface area contributed by atoms with Crippen LogP contribution < -0.4 is 15.1 Å². The van der Waals surface area contributed by atoms with Crippen LogP contribution in [0.2, 0.25) is 0 Å². The first kappa shape index (κ1) is 31.3. The number of rotatable bonds is 9. The van der Waals surface area contributed by atoms with Gasteiger partial charge in [0.1, 0.15) is 23.0 Å². The largest absolute Gasteiger partial charge is 0.354 e. The van der Waals surface area contributed by atoms with Crippen LogP contribution in [0.25, 0.3) is 0 Å². The lowest BCUT2D eigenvalue weighted by molar-refractivity contribution is -0.123. The lowest BCUT2D eigenvalue weighted by Crippen LogP contribution is -2.47. The molecule has 44 heavy (non-hydrogen) atoms. The van der Waals surface area contributed by atoms with Crippen molar-refractivity contribution in [2.75, 3.05) is 54.1 Å². The molecule has 2 aliphatic rings. The second-order valence-corrected chi connectivity index (χ2v) is 11.8. The van der Waals surface area contributed by atoms with E-state index in [9.17, 15) is 27.6 Å². The third-order valence-electron chi connectivity index (χ3n) is 7.80. The zero-order valence-corrected chi connectivity index (χ0v) is 25.3. The summed E-state index contributed by atoms with van der Waals surface area (Å²) in [5.41, 5.74) is -1.71. The number of nitrogens with one attached hydrogen (secondary N) is 1. The molecule has 2 aliphatic heterocycles. The average Bonchev–Trinajstić information content (AvgIpc) is 3.18. The number of hydrogen-bond acceptors (Lipinski definition) is 8. The molecule has 2 fully saturated rings. The molecule has 0 atom stereocenters.